The van der Waals surface area contributed by atoms with Crippen LogP contribution in [-0.4, -0.2) is 0 Å². The summed E-state index contributed by atoms with van der Waals surface area (Å²) in [5.41, 5.74) is 3.95. The Hall–Kier alpha value is 0.766. The molecule has 0 bridgehead atoms. The molecule has 0 saturated heterocycles. The second kappa shape index (κ2) is 4.95. The molecule has 0 nitrogen and oxygen atoms in total. The molecule has 0 heterocycles. The SMILES string of the molecule is CC(C)(C)C1=CC(C(C)(C)C)[C]([Tb])=C1C(C)(C)C. The van der Waals surface area contributed by atoms with Crippen molar-refractivity contribution in [2.45, 2.75) is 62.3 Å². The van der Waals surface area contributed by atoms with Crippen molar-refractivity contribution in [1.82, 2.24) is 0 Å². The monoisotopic (exact) mass is 392 g/mol. The van der Waals surface area contributed by atoms with E-state index in [-0.39, 0.29) is 10.8 Å². The Balaban J connectivity index is 3.43. The van der Waals surface area contributed by atoms with Gasteiger partial charge in [-0.1, -0.05) is 0 Å². The summed E-state index contributed by atoms with van der Waals surface area (Å²) in [7, 11) is 0. The second-order valence-corrected chi connectivity index (χ2v) is 9.78. The Labute approximate surface area is 139 Å². The van der Waals surface area contributed by atoms with E-state index >= 15 is 0 Å². The number of hydrogen-bond donors (Lipinski definition) is 0. The van der Waals surface area contributed by atoms with Crippen molar-refractivity contribution in [3.05, 3.63) is 18.8 Å². The summed E-state index contributed by atoms with van der Waals surface area (Å²) in [4.78, 5) is 0. The van der Waals surface area contributed by atoms with Crippen LogP contribution in [0.4, 0.5) is 0 Å². The second-order valence-electron chi connectivity index (χ2n) is 8.62. The molecule has 1 aliphatic rings. The maximum atomic E-state index is 2.54. The van der Waals surface area contributed by atoms with Crippen molar-refractivity contribution in [2.75, 3.05) is 0 Å². The van der Waals surface area contributed by atoms with Crippen molar-refractivity contribution in [3.63, 3.8) is 0 Å². The molecule has 18 heavy (non-hydrogen) atoms. The van der Waals surface area contributed by atoms with Gasteiger partial charge >= 0.3 is 140 Å². The normalized spacial score (nSPS) is 22.6. The first kappa shape index (κ1) is 16.8. The van der Waals surface area contributed by atoms with Crippen LogP contribution >= 0.6 is 0 Å². The third-order valence-corrected chi connectivity index (χ3v) is 4.78. The van der Waals surface area contributed by atoms with Gasteiger partial charge in [-0.2, -0.15) is 0 Å². The predicted molar refractivity (Wildman–Crippen MR) is 77.0 cm³/mol. The molecule has 0 saturated carbocycles. The van der Waals surface area contributed by atoms with Gasteiger partial charge in [-0.05, 0) is 0 Å². The van der Waals surface area contributed by atoms with Crippen LogP contribution in [0.3, 0.4) is 0 Å². The fraction of sp³-hybridized carbons (Fsp3) is 0.765. The van der Waals surface area contributed by atoms with E-state index in [2.05, 4.69) is 105 Å². The number of rotatable bonds is 0. The van der Waals surface area contributed by atoms with Crippen molar-refractivity contribution in [1.29, 1.82) is 0 Å². The molecule has 1 unspecified atom stereocenters. The zero-order chi connectivity index (χ0) is 14.5. The third kappa shape index (κ3) is 3.45. The maximum absolute atomic E-state index is 2.54. The van der Waals surface area contributed by atoms with Crippen LogP contribution < -0.4 is 0 Å². The van der Waals surface area contributed by atoms with Gasteiger partial charge in [-0.15, -0.1) is 0 Å². The summed E-state index contributed by atoms with van der Waals surface area (Å²) in [5, 5.41) is 0. The first-order chi connectivity index (χ1) is 7.76. The van der Waals surface area contributed by atoms with Crippen molar-refractivity contribution in [3.8, 4) is 0 Å². The quantitative estimate of drug-likeness (QED) is 0.512. The molecule has 0 amide bonds. The minimum absolute atomic E-state index is 0.239. The molecular weight excluding hydrogens is 363 g/mol. The summed E-state index contributed by atoms with van der Waals surface area (Å²) in [6, 6.07) is 0. The molecule has 1 heteroatoms. The van der Waals surface area contributed by atoms with Gasteiger partial charge in [-0.25, -0.2) is 0 Å². The van der Waals surface area contributed by atoms with E-state index in [4.69, 9.17) is 0 Å². The molecule has 1 aliphatic carbocycles. The Morgan fingerprint density at radius 1 is 0.833 bits per heavy atom. The summed E-state index contributed by atoms with van der Waals surface area (Å²) in [6.07, 6.45) is 2.54. The molecule has 1 atom stereocenters. The Bertz CT molecular complexity index is 389. The van der Waals surface area contributed by atoms with Crippen LogP contribution in [0.25, 0.3) is 0 Å². The predicted octanol–water partition coefficient (Wildman–Crippen LogP) is 5.48. The number of allylic oxidation sites excluding steroid dienone is 4. The van der Waals surface area contributed by atoms with Gasteiger partial charge in [0.05, 0.1) is 0 Å². The van der Waals surface area contributed by atoms with Gasteiger partial charge in [0, 0.05) is 0 Å². The minimum atomic E-state index is 0.239. The molecule has 0 radical (unpaired) electrons. The van der Waals surface area contributed by atoms with Gasteiger partial charge in [0.2, 0.25) is 0 Å². The molecule has 0 aromatic heterocycles. The summed E-state index contributed by atoms with van der Waals surface area (Å²) >= 11 is 2.34. The van der Waals surface area contributed by atoms with Crippen molar-refractivity contribution >= 4 is 0 Å². The third-order valence-electron chi connectivity index (χ3n) is 3.58. The van der Waals surface area contributed by atoms with E-state index < -0.39 is 0 Å². The van der Waals surface area contributed by atoms with Gasteiger partial charge in [0.15, 0.2) is 0 Å². The molecule has 1 rings (SSSR count). The first-order valence-electron chi connectivity index (χ1n) is 6.87. The summed E-state index contributed by atoms with van der Waals surface area (Å²) in [6.45, 7) is 21.1. The Kier molecular flexibility index (Phi) is 4.62. The van der Waals surface area contributed by atoms with Gasteiger partial charge < -0.3 is 0 Å². The Morgan fingerprint density at radius 2 is 1.28 bits per heavy atom. The standard InChI is InChI=1S/C17H29.Tb/c1-15(2,3)12-10-13(16(4,5)6)14(11-12)17(7,8)9;/h10,12H,1-9H3;. The van der Waals surface area contributed by atoms with Crippen LogP contribution in [-0.2, 0) is 0 Å². The summed E-state index contributed by atoms with van der Waals surface area (Å²) < 4.78 is 1.58. The van der Waals surface area contributed by atoms with E-state index in [0.29, 0.717) is 11.3 Å². The van der Waals surface area contributed by atoms with Crippen LogP contribution in [0.2, 0.25) is 0 Å². The zero-order valence-electron chi connectivity index (χ0n) is 13.5. The molecule has 0 spiro atoms. The van der Waals surface area contributed by atoms with E-state index in [9.17, 15) is 0 Å². The molecular formula is C17H29Tb. The zero-order valence-corrected chi connectivity index (χ0v) is 15.6. The fourth-order valence-electron chi connectivity index (χ4n) is 2.58. The van der Waals surface area contributed by atoms with Gasteiger partial charge in [0.25, 0.3) is 0 Å². The Morgan fingerprint density at radius 3 is 1.50 bits per heavy atom. The molecule has 106 valence electrons. The first-order valence-corrected chi connectivity index (χ1v) is 7.94. The van der Waals surface area contributed by atoms with E-state index in [1.165, 1.54) is 0 Å². The van der Waals surface area contributed by atoms with Crippen LogP contribution in [0, 0.1) is 58.8 Å². The molecule has 0 aromatic rings. The topological polar surface area (TPSA) is 0 Å². The van der Waals surface area contributed by atoms with E-state index in [1.807, 2.05) is 0 Å². The fourth-order valence-corrected chi connectivity index (χ4v) is 4.77. The molecule has 0 N–H and O–H groups in total. The van der Waals surface area contributed by atoms with Crippen molar-refractivity contribution in [2.24, 2.45) is 22.2 Å². The van der Waals surface area contributed by atoms with Gasteiger partial charge in [-0.3, -0.25) is 0 Å². The van der Waals surface area contributed by atoms with Crippen LogP contribution in [0.15, 0.2) is 18.8 Å². The van der Waals surface area contributed by atoms with Crippen LogP contribution in [0.1, 0.15) is 62.3 Å². The average Bonchev–Trinajstić information content (AvgIpc) is 2.39. The molecule has 0 aliphatic heterocycles. The van der Waals surface area contributed by atoms with Gasteiger partial charge in [0.1, 0.15) is 0 Å². The van der Waals surface area contributed by atoms with Crippen molar-refractivity contribution < 1.29 is 36.6 Å². The molecule has 0 fully saturated rings. The van der Waals surface area contributed by atoms with Crippen LogP contribution in [0.5, 0.6) is 0 Å². The summed E-state index contributed by atoms with van der Waals surface area (Å²) in [5.74, 6) is 0.584. The van der Waals surface area contributed by atoms with E-state index in [1.54, 1.807) is 12.7 Å². The molecule has 0 aromatic carbocycles. The average molecular weight is 392 g/mol. The number of hydrogen-bond acceptors (Lipinski definition) is 0. The van der Waals surface area contributed by atoms with E-state index in [0.717, 1.165) is 0 Å².